The second-order valence-corrected chi connectivity index (χ2v) is 11.7. The number of aliphatic hydroxyl groups excluding tert-OH is 2. The molecule has 4 rings (SSSR count). The quantitative estimate of drug-likeness (QED) is 0.207. The number of hydrogen-bond donors (Lipinski definition) is 5. The number of benzene rings is 1. The Hall–Kier alpha value is -3.02. The molecule has 42 heavy (non-hydrogen) atoms. The normalized spacial score (nSPS) is 22.7. The van der Waals surface area contributed by atoms with Crippen molar-refractivity contribution in [3.05, 3.63) is 87.0 Å². The van der Waals surface area contributed by atoms with Gasteiger partial charge in [-0.1, -0.05) is 30.3 Å². The zero-order chi connectivity index (χ0) is 31.0. The number of hydrogen-bond acceptors (Lipinski definition) is 10. The van der Waals surface area contributed by atoms with Crippen LogP contribution in [0.3, 0.4) is 0 Å². The van der Waals surface area contributed by atoms with Crippen LogP contribution < -0.4 is 11.2 Å². The number of rotatable bonds is 9. The van der Waals surface area contributed by atoms with E-state index in [4.69, 9.17) is 14.5 Å². The van der Waals surface area contributed by atoms with Crippen LogP contribution in [0.2, 0.25) is 0 Å². The van der Waals surface area contributed by atoms with Crippen molar-refractivity contribution in [3.8, 4) is 11.1 Å². The summed E-state index contributed by atoms with van der Waals surface area (Å²) in [5.41, 5.74) is -3.19. The minimum absolute atomic E-state index is 0.0956. The van der Waals surface area contributed by atoms with Crippen LogP contribution in [0.1, 0.15) is 17.5 Å². The molecule has 1 fully saturated rings. The molecule has 15 nitrogen and oxygen atoms in total. The van der Waals surface area contributed by atoms with E-state index < -0.39 is 76.3 Å². The number of pyridine rings is 1. The molecule has 3 heterocycles. The molecule has 3 unspecified atom stereocenters. The van der Waals surface area contributed by atoms with E-state index in [1.165, 1.54) is 24.3 Å². The van der Waals surface area contributed by atoms with Crippen molar-refractivity contribution in [2.75, 3.05) is 6.61 Å². The fourth-order valence-electron chi connectivity index (χ4n) is 4.12. The standard InChI is InChI=1S/C22H22F3N3O12P2/c23-22(24,25)15-9-26-13(8-14(15)12-4-2-1-3-5-12)10-28-17(29)6-7-27(21(28)32)20-19(31)18(30)16(39-20)11-38-42(36,37)40-41(33,34)35/h1-9,16,18-20,30-31H,10-11H2,(H,36,37)(H2,33,34,35)/t16-,18?,19?,20-/m1/s1. The smallest absolute Gasteiger partial charge is 0.387 e. The maximum absolute atomic E-state index is 13.7. The van der Waals surface area contributed by atoms with Gasteiger partial charge in [0.05, 0.1) is 24.4 Å². The van der Waals surface area contributed by atoms with Crippen LogP contribution in [0.25, 0.3) is 11.1 Å². The zero-order valence-corrected chi connectivity index (χ0v) is 22.7. The molecule has 5 N–H and O–H groups in total. The van der Waals surface area contributed by atoms with E-state index in [0.717, 1.165) is 18.3 Å². The van der Waals surface area contributed by atoms with Gasteiger partial charge in [0.1, 0.15) is 18.3 Å². The van der Waals surface area contributed by atoms with Gasteiger partial charge in [-0.2, -0.15) is 17.5 Å². The van der Waals surface area contributed by atoms with E-state index in [9.17, 15) is 47.0 Å². The highest BCUT2D eigenvalue weighted by molar-refractivity contribution is 7.60. The maximum Gasteiger partial charge on any atom is 0.481 e. The first-order valence-corrected chi connectivity index (χ1v) is 14.7. The van der Waals surface area contributed by atoms with E-state index in [0.29, 0.717) is 15.3 Å². The fraction of sp³-hybridized carbons (Fsp3) is 0.318. The molecule has 0 aliphatic carbocycles. The predicted octanol–water partition coefficient (Wildman–Crippen LogP) is 0.985. The number of nitrogens with zero attached hydrogens (tertiary/aromatic N) is 3. The Bertz CT molecular complexity index is 1660. The summed E-state index contributed by atoms with van der Waals surface area (Å²) in [5.74, 6) is 0. The largest absolute Gasteiger partial charge is 0.481 e. The van der Waals surface area contributed by atoms with Crippen LogP contribution in [0.4, 0.5) is 13.2 Å². The van der Waals surface area contributed by atoms with Crippen LogP contribution in [-0.2, 0) is 35.4 Å². The van der Waals surface area contributed by atoms with E-state index in [1.807, 2.05) is 0 Å². The lowest BCUT2D eigenvalue weighted by molar-refractivity contribution is -0.137. The molecule has 0 radical (unpaired) electrons. The fourth-order valence-corrected chi connectivity index (χ4v) is 5.72. The number of halogens is 3. The minimum Gasteiger partial charge on any atom is -0.387 e. The Labute approximate surface area is 232 Å². The summed E-state index contributed by atoms with van der Waals surface area (Å²) in [4.78, 5) is 56.3. The molecule has 2 aromatic heterocycles. The Morgan fingerprint density at radius 2 is 1.69 bits per heavy atom. The first-order chi connectivity index (χ1) is 19.5. The van der Waals surface area contributed by atoms with Gasteiger partial charge in [0, 0.05) is 18.5 Å². The molecule has 0 bridgehead atoms. The van der Waals surface area contributed by atoms with Crippen molar-refractivity contribution in [3.63, 3.8) is 0 Å². The molecular weight excluding hydrogens is 617 g/mol. The minimum atomic E-state index is -5.44. The molecule has 0 spiro atoms. The number of phosphoric acid groups is 2. The highest BCUT2D eigenvalue weighted by Gasteiger charge is 2.46. The third-order valence-corrected chi connectivity index (χ3v) is 8.14. The molecule has 20 heteroatoms. The van der Waals surface area contributed by atoms with Crippen molar-refractivity contribution >= 4 is 15.6 Å². The van der Waals surface area contributed by atoms with Gasteiger partial charge in [-0.15, -0.1) is 0 Å². The highest BCUT2D eigenvalue weighted by atomic mass is 31.3. The van der Waals surface area contributed by atoms with Crippen LogP contribution >= 0.6 is 15.6 Å². The zero-order valence-electron chi connectivity index (χ0n) is 20.9. The molecule has 0 amide bonds. The van der Waals surface area contributed by atoms with Gasteiger partial charge in [-0.3, -0.25) is 23.4 Å². The van der Waals surface area contributed by atoms with E-state index >= 15 is 0 Å². The lowest BCUT2D eigenvalue weighted by Crippen LogP contribution is -2.43. The van der Waals surface area contributed by atoms with Crippen LogP contribution in [0.15, 0.2) is 64.4 Å². The van der Waals surface area contributed by atoms with Gasteiger partial charge in [-0.05, 0) is 17.2 Å². The van der Waals surface area contributed by atoms with Gasteiger partial charge in [-0.25, -0.2) is 13.9 Å². The number of phosphoric ester groups is 1. The average molecular weight is 639 g/mol. The number of alkyl halides is 3. The third-order valence-electron chi connectivity index (χ3n) is 5.99. The van der Waals surface area contributed by atoms with Crippen LogP contribution in [0.5, 0.6) is 0 Å². The van der Waals surface area contributed by atoms with Crippen LogP contribution in [0, 0.1) is 0 Å². The van der Waals surface area contributed by atoms with Gasteiger partial charge >= 0.3 is 27.5 Å². The van der Waals surface area contributed by atoms with Gasteiger partial charge in [0.25, 0.3) is 5.56 Å². The topological polar surface area (TPSA) is 220 Å². The van der Waals surface area contributed by atoms with E-state index in [2.05, 4.69) is 13.8 Å². The highest BCUT2D eigenvalue weighted by Crippen LogP contribution is 2.57. The second kappa shape index (κ2) is 11.9. The van der Waals surface area contributed by atoms with Crippen molar-refractivity contribution in [2.24, 2.45) is 0 Å². The second-order valence-electron chi connectivity index (χ2n) is 8.90. The third kappa shape index (κ3) is 7.30. The molecular formula is C22H22F3N3O12P2. The van der Waals surface area contributed by atoms with Gasteiger partial charge < -0.3 is 29.6 Å². The van der Waals surface area contributed by atoms with Crippen molar-refractivity contribution < 1.29 is 60.8 Å². The van der Waals surface area contributed by atoms with Gasteiger partial charge in [0.2, 0.25) is 0 Å². The number of aliphatic hydroxyl groups is 2. The SMILES string of the molecule is O=c1ccn([C@@H]2O[C@H](COP(=O)(O)OP(=O)(O)O)C(O)C2O)c(=O)n1Cc1cc(-c2ccccc2)c(C(F)(F)F)cn1. The lowest BCUT2D eigenvalue weighted by Gasteiger charge is -2.19. The molecule has 1 aromatic carbocycles. The van der Waals surface area contributed by atoms with Crippen molar-refractivity contribution in [1.29, 1.82) is 0 Å². The summed E-state index contributed by atoms with van der Waals surface area (Å²) in [5, 5.41) is 20.7. The lowest BCUT2D eigenvalue weighted by atomic mass is 10.0. The summed E-state index contributed by atoms with van der Waals surface area (Å²) < 4.78 is 78.1. The Morgan fingerprint density at radius 3 is 2.31 bits per heavy atom. The molecule has 1 aliphatic heterocycles. The first kappa shape index (κ1) is 31.9. The monoisotopic (exact) mass is 639 g/mol. The molecule has 1 aliphatic rings. The molecule has 0 saturated carbocycles. The summed E-state index contributed by atoms with van der Waals surface area (Å²) in [7, 11) is -10.8. The Balaban J connectivity index is 1.61. The maximum atomic E-state index is 13.7. The van der Waals surface area contributed by atoms with Crippen molar-refractivity contribution in [1.82, 2.24) is 14.1 Å². The van der Waals surface area contributed by atoms with E-state index in [1.54, 1.807) is 6.07 Å². The molecule has 5 atom stereocenters. The summed E-state index contributed by atoms with van der Waals surface area (Å²) in [6, 6.07) is 9.50. The first-order valence-electron chi connectivity index (χ1n) is 11.7. The predicted molar refractivity (Wildman–Crippen MR) is 134 cm³/mol. The average Bonchev–Trinajstić information content (AvgIpc) is 3.17. The summed E-state index contributed by atoms with van der Waals surface area (Å²) in [6.45, 7) is -1.63. The molecule has 3 aromatic rings. The number of ether oxygens (including phenoxy) is 1. The molecule has 1 saturated heterocycles. The number of aromatic nitrogens is 3. The van der Waals surface area contributed by atoms with Crippen molar-refractivity contribution in [2.45, 2.75) is 37.3 Å². The summed E-state index contributed by atoms with van der Waals surface area (Å²) in [6.07, 6.45) is -10.3. The van der Waals surface area contributed by atoms with Gasteiger partial charge in [0.15, 0.2) is 6.23 Å². The van der Waals surface area contributed by atoms with E-state index in [-0.39, 0.29) is 16.8 Å². The Morgan fingerprint density at radius 1 is 1.02 bits per heavy atom. The molecule has 228 valence electrons. The summed E-state index contributed by atoms with van der Waals surface area (Å²) >= 11 is 0. The van der Waals surface area contributed by atoms with Crippen LogP contribution in [-0.4, -0.2) is 63.9 Å². The Kier molecular flexibility index (Phi) is 9.06.